The lowest BCUT2D eigenvalue weighted by Gasteiger charge is -2.37. The second kappa shape index (κ2) is 4.01. The molecule has 1 aliphatic heterocycles. The van der Waals surface area contributed by atoms with Gasteiger partial charge < -0.3 is 4.90 Å². The average molecular weight is 288 g/mol. The molecule has 1 aromatic rings. The molecule has 0 spiro atoms. The van der Waals surface area contributed by atoms with Crippen LogP contribution in [0.4, 0.5) is 15.9 Å². The quantitative estimate of drug-likeness (QED) is 0.585. The van der Waals surface area contributed by atoms with Gasteiger partial charge in [0, 0.05) is 7.05 Å². The van der Waals surface area contributed by atoms with Crippen molar-refractivity contribution in [2.45, 2.75) is 13.0 Å². The van der Waals surface area contributed by atoms with Crippen molar-refractivity contribution in [1.29, 1.82) is 0 Å². The van der Waals surface area contributed by atoms with Crippen molar-refractivity contribution in [3.63, 3.8) is 0 Å². The van der Waals surface area contributed by atoms with Crippen molar-refractivity contribution in [3.8, 4) is 0 Å². The highest BCUT2D eigenvalue weighted by Gasteiger charge is 2.34. The van der Waals surface area contributed by atoms with Crippen LogP contribution in [-0.2, 0) is 4.79 Å². The molecule has 1 unspecified atom stereocenters. The van der Waals surface area contributed by atoms with Crippen LogP contribution in [-0.4, -0.2) is 30.8 Å². The highest BCUT2D eigenvalue weighted by Crippen LogP contribution is 2.34. The van der Waals surface area contributed by atoms with E-state index in [4.69, 9.17) is 0 Å². The van der Waals surface area contributed by atoms with Gasteiger partial charge in [0.1, 0.15) is 10.6 Å². The summed E-state index contributed by atoms with van der Waals surface area (Å²) in [5.74, 6) is 0.362. The van der Waals surface area contributed by atoms with E-state index in [2.05, 4.69) is 20.9 Å². The molecule has 16 heavy (non-hydrogen) atoms. The SMILES string of the molecule is CC1C(=O)N(CF)c2ccc(Br)nc2N1C. The largest absolute Gasteiger partial charge is 0.346 e. The van der Waals surface area contributed by atoms with Crippen LogP contribution in [0.25, 0.3) is 0 Å². The third kappa shape index (κ3) is 1.57. The Morgan fingerprint density at radius 3 is 2.88 bits per heavy atom. The third-order valence-electron chi connectivity index (χ3n) is 2.77. The van der Waals surface area contributed by atoms with Crippen LogP contribution in [0.1, 0.15) is 6.92 Å². The fraction of sp³-hybridized carbons (Fsp3) is 0.400. The lowest BCUT2D eigenvalue weighted by atomic mass is 10.1. The number of anilines is 2. The molecule has 86 valence electrons. The molecule has 1 atom stereocenters. The first-order chi connectivity index (χ1) is 7.56. The number of carbonyl (C=O) groups excluding carboxylic acids is 1. The maximum atomic E-state index is 12.9. The van der Waals surface area contributed by atoms with Crippen molar-refractivity contribution in [2.75, 3.05) is 23.6 Å². The van der Waals surface area contributed by atoms with Gasteiger partial charge in [-0.1, -0.05) is 0 Å². The monoisotopic (exact) mass is 287 g/mol. The van der Waals surface area contributed by atoms with Gasteiger partial charge in [0.15, 0.2) is 12.6 Å². The summed E-state index contributed by atoms with van der Waals surface area (Å²) in [6, 6.07) is 2.98. The zero-order chi connectivity index (χ0) is 11.9. The lowest BCUT2D eigenvalue weighted by molar-refractivity contribution is -0.120. The number of nitrogens with zero attached hydrogens (tertiary/aromatic N) is 3. The van der Waals surface area contributed by atoms with Gasteiger partial charge in [0.2, 0.25) is 0 Å². The Morgan fingerprint density at radius 1 is 1.56 bits per heavy atom. The summed E-state index contributed by atoms with van der Waals surface area (Å²) in [7, 11) is 1.77. The Kier molecular flexibility index (Phi) is 2.84. The minimum Gasteiger partial charge on any atom is -0.346 e. The van der Waals surface area contributed by atoms with E-state index in [-0.39, 0.29) is 5.91 Å². The Balaban J connectivity index is 2.58. The van der Waals surface area contributed by atoms with E-state index in [0.29, 0.717) is 16.1 Å². The molecule has 0 saturated carbocycles. The number of hydrogen-bond acceptors (Lipinski definition) is 3. The van der Waals surface area contributed by atoms with Gasteiger partial charge >= 0.3 is 0 Å². The van der Waals surface area contributed by atoms with Gasteiger partial charge in [-0.25, -0.2) is 9.37 Å². The number of halogens is 2. The maximum absolute atomic E-state index is 12.9. The number of amides is 1. The van der Waals surface area contributed by atoms with Crippen LogP contribution in [0.2, 0.25) is 0 Å². The summed E-state index contributed by atoms with van der Waals surface area (Å²) in [5.41, 5.74) is 0.510. The van der Waals surface area contributed by atoms with E-state index < -0.39 is 12.8 Å². The van der Waals surface area contributed by atoms with Gasteiger partial charge in [-0.15, -0.1) is 0 Å². The molecule has 0 saturated heterocycles. The molecule has 1 aromatic heterocycles. The number of carbonyl (C=O) groups is 1. The van der Waals surface area contributed by atoms with Crippen molar-refractivity contribution < 1.29 is 9.18 Å². The maximum Gasteiger partial charge on any atom is 0.251 e. The molecule has 0 radical (unpaired) electrons. The fourth-order valence-electron chi connectivity index (χ4n) is 1.70. The Hall–Kier alpha value is -1.17. The van der Waals surface area contributed by atoms with Crippen LogP contribution in [0.15, 0.2) is 16.7 Å². The van der Waals surface area contributed by atoms with Crippen LogP contribution in [0, 0.1) is 0 Å². The molecule has 0 N–H and O–H groups in total. The first kappa shape index (κ1) is 11.3. The number of rotatable bonds is 1. The molecular formula is C10H11BrFN3O. The molecule has 4 nitrogen and oxygen atoms in total. The second-order valence-corrected chi connectivity index (χ2v) is 4.46. The standard InChI is InChI=1S/C10H11BrFN3O/c1-6-10(16)15(5-12)7-3-4-8(11)13-9(7)14(6)2/h3-4,6H,5H2,1-2H3. The smallest absolute Gasteiger partial charge is 0.251 e. The van der Waals surface area contributed by atoms with Crippen LogP contribution in [0.5, 0.6) is 0 Å². The van der Waals surface area contributed by atoms with Crippen molar-refractivity contribution >= 4 is 33.3 Å². The van der Waals surface area contributed by atoms with Crippen molar-refractivity contribution in [3.05, 3.63) is 16.7 Å². The van der Waals surface area contributed by atoms with Gasteiger partial charge in [0.25, 0.3) is 5.91 Å². The van der Waals surface area contributed by atoms with Crippen molar-refractivity contribution in [2.24, 2.45) is 0 Å². The summed E-state index contributed by atoms with van der Waals surface area (Å²) < 4.78 is 13.5. The third-order valence-corrected chi connectivity index (χ3v) is 3.21. The van der Waals surface area contributed by atoms with Crippen molar-refractivity contribution in [1.82, 2.24) is 4.98 Å². The molecule has 2 rings (SSSR count). The van der Waals surface area contributed by atoms with Crippen LogP contribution < -0.4 is 9.80 Å². The summed E-state index contributed by atoms with van der Waals surface area (Å²) in [6.07, 6.45) is 0. The van der Waals surface area contributed by atoms with Gasteiger partial charge in [-0.05, 0) is 35.0 Å². The molecule has 0 fully saturated rings. The molecule has 6 heteroatoms. The van der Waals surface area contributed by atoms with E-state index in [1.54, 1.807) is 31.0 Å². The summed E-state index contributed by atoms with van der Waals surface area (Å²) in [4.78, 5) is 18.9. The summed E-state index contributed by atoms with van der Waals surface area (Å²) in [6.45, 7) is 0.907. The average Bonchev–Trinajstić information content (AvgIpc) is 2.28. The zero-order valence-corrected chi connectivity index (χ0v) is 10.5. The molecule has 0 aromatic carbocycles. The van der Waals surface area contributed by atoms with E-state index in [1.807, 2.05) is 0 Å². The van der Waals surface area contributed by atoms with E-state index in [0.717, 1.165) is 4.90 Å². The van der Waals surface area contributed by atoms with E-state index in [1.165, 1.54) is 0 Å². The predicted octanol–water partition coefficient (Wildman–Crippen LogP) is 1.94. The van der Waals surface area contributed by atoms with E-state index >= 15 is 0 Å². The lowest BCUT2D eigenvalue weighted by Crippen LogP contribution is -2.50. The zero-order valence-electron chi connectivity index (χ0n) is 8.94. The number of pyridine rings is 1. The normalized spacial score (nSPS) is 20.0. The second-order valence-electron chi connectivity index (χ2n) is 3.65. The molecule has 1 amide bonds. The number of fused-ring (bicyclic) bond motifs is 1. The molecular weight excluding hydrogens is 277 g/mol. The molecule has 2 heterocycles. The Labute approximate surface area is 101 Å². The van der Waals surface area contributed by atoms with Crippen LogP contribution >= 0.6 is 15.9 Å². The predicted molar refractivity (Wildman–Crippen MR) is 63.3 cm³/mol. The first-order valence-electron chi connectivity index (χ1n) is 4.83. The minimum absolute atomic E-state index is 0.248. The number of hydrogen-bond donors (Lipinski definition) is 0. The highest BCUT2D eigenvalue weighted by atomic mass is 79.9. The summed E-state index contributed by atoms with van der Waals surface area (Å²) in [5, 5.41) is 0. The minimum atomic E-state index is -0.826. The Bertz CT molecular complexity index is 440. The number of likely N-dealkylation sites (N-methyl/N-ethyl adjacent to an activating group) is 1. The Morgan fingerprint density at radius 2 is 2.25 bits per heavy atom. The first-order valence-corrected chi connectivity index (χ1v) is 5.62. The fourth-order valence-corrected chi connectivity index (χ4v) is 2.00. The number of alkyl halides is 1. The summed E-state index contributed by atoms with van der Waals surface area (Å²) >= 11 is 3.26. The van der Waals surface area contributed by atoms with Gasteiger partial charge in [-0.3, -0.25) is 9.69 Å². The highest BCUT2D eigenvalue weighted by molar-refractivity contribution is 9.10. The van der Waals surface area contributed by atoms with Gasteiger partial charge in [0.05, 0.1) is 5.69 Å². The van der Waals surface area contributed by atoms with E-state index in [9.17, 15) is 9.18 Å². The number of aromatic nitrogens is 1. The van der Waals surface area contributed by atoms with Gasteiger partial charge in [-0.2, -0.15) is 0 Å². The topological polar surface area (TPSA) is 36.4 Å². The molecule has 0 bridgehead atoms. The molecule has 0 aliphatic carbocycles. The van der Waals surface area contributed by atoms with Crippen LogP contribution in [0.3, 0.4) is 0 Å². The molecule has 1 aliphatic rings.